The summed E-state index contributed by atoms with van der Waals surface area (Å²) in [6.07, 6.45) is 1.47. The van der Waals surface area contributed by atoms with Gasteiger partial charge in [0.15, 0.2) is 0 Å². The summed E-state index contributed by atoms with van der Waals surface area (Å²) in [5.74, 6) is 0.303. The molecule has 7 heteroatoms. The topological polar surface area (TPSA) is 62.7 Å². The summed E-state index contributed by atoms with van der Waals surface area (Å²) in [6.45, 7) is 10.6. The summed E-state index contributed by atoms with van der Waals surface area (Å²) in [6, 6.07) is 1.75. The first-order valence-corrected chi connectivity index (χ1v) is 8.89. The summed E-state index contributed by atoms with van der Waals surface area (Å²) in [7, 11) is 0. The number of carbonyl (C=O) groups excluding carboxylic acids is 2. The molecule has 0 N–H and O–H groups in total. The Labute approximate surface area is 153 Å². The second kappa shape index (κ2) is 5.87. The Morgan fingerprint density at radius 1 is 1.36 bits per heavy atom. The van der Waals surface area contributed by atoms with Gasteiger partial charge in [0.1, 0.15) is 16.6 Å². The van der Waals surface area contributed by atoms with Crippen LogP contribution < -0.4 is 4.90 Å². The van der Waals surface area contributed by atoms with Crippen molar-refractivity contribution in [2.24, 2.45) is 0 Å². The van der Waals surface area contributed by atoms with E-state index in [-0.39, 0.29) is 23.1 Å². The number of fused-ring (bicyclic) bond motifs is 1. The van der Waals surface area contributed by atoms with Gasteiger partial charge in [-0.3, -0.25) is 4.79 Å². The van der Waals surface area contributed by atoms with E-state index in [1.54, 1.807) is 26.8 Å². The average molecular weight is 366 g/mol. The lowest BCUT2D eigenvalue weighted by molar-refractivity contribution is 0.0248. The van der Waals surface area contributed by atoms with Gasteiger partial charge in [-0.1, -0.05) is 11.6 Å². The normalized spacial score (nSPS) is 19.4. The SMILES string of the molecule is CC(C)(C)OC(=O)N1Cc2c(cc(N3CCCC3(C)C)nc2Cl)C1=O. The highest BCUT2D eigenvalue weighted by Crippen LogP contribution is 2.37. The molecule has 136 valence electrons. The molecule has 1 saturated heterocycles. The number of halogens is 1. The van der Waals surface area contributed by atoms with Crippen LogP contribution in [0, 0.1) is 0 Å². The number of ether oxygens (including phenoxy) is 1. The summed E-state index contributed by atoms with van der Waals surface area (Å²) >= 11 is 6.35. The fraction of sp³-hybridized carbons (Fsp3) is 0.611. The summed E-state index contributed by atoms with van der Waals surface area (Å²) in [4.78, 5) is 32.8. The van der Waals surface area contributed by atoms with Crippen molar-refractivity contribution >= 4 is 29.4 Å². The van der Waals surface area contributed by atoms with Gasteiger partial charge in [-0.05, 0) is 53.5 Å². The van der Waals surface area contributed by atoms with Gasteiger partial charge in [-0.2, -0.15) is 0 Å². The molecule has 0 radical (unpaired) electrons. The number of carbonyl (C=O) groups is 2. The van der Waals surface area contributed by atoms with Crippen LogP contribution in [-0.4, -0.2) is 39.6 Å². The second-order valence-electron chi connectivity index (χ2n) is 8.24. The Bertz CT molecular complexity index is 740. The standard InChI is InChI=1S/C18H24ClN3O3/c1-17(2,3)25-16(24)21-10-12-11(15(21)23)9-13(20-14(12)19)22-8-6-7-18(22,4)5/h9H,6-8,10H2,1-5H3. The van der Waals surface area contributed by atoms with Gasteiger partial charge in [-0.15, -0.1) is 0 Å². The molecular formula is C18H24ClN3O3. The summed E-state index contributed by atoms with van der Waals surface area (Å²) in [5, 5.41) is 0.273. The predicted molar refractivity (Wildman–Crippen MR) is 96.0 cm³/mol. The number of rotatable bonds is 1. The lowest BCUT2D eigenvalue weighted by atomic mass is 10.0. The molecule has 2 amide bonds. The molecule has 0 aliphatic carbocycles. The molecule has 0 unspecified atom stereocenters. The predicted octanol–water partition coefficient (Wildman–Crippen LogP) is 4.00. The third-order valence-electron chi connectivity index (χ3n) is 4.64. The van der Waals surface area contributed by atoms with Crippen molar-refractivity contribution in [1.82, 2.24) is 9.88 Å². The first-order valence-electron chi connectivity index (χ1n) is 8.51. The smallest absolute Gasteiger partial charge is 0.417 e. The minimum atomic E-state index is -0.668. The van der Waals surface area contributed by atoms with Gasteiger partial charge in [0.05, 0.1) is 12.1 Å². The van der Waals surface area contributed by atoms with Crippen molar-refractivity contribution in [2.45, 2.75) is 65.1 Å². The van der Waals surface area contributed by atoms with Crippen LogP contribution in [0.15, 0.2) is 6.07 Å². The quantitative estimate of drug-likeness (QED) is 0.704. The van der Waals surface area contributed by atoms with Crippen molar-refractivity contribution in [2.75, 3.05) is 11.4 Å². The van der Waals surface area contributed by atoms with E-state index >= 15 is 0 Å². The average Bonchev–Trinajstić information content (AvgIpc) is 2.98. The van der Waals surface area contributed by atoms with Crippen LogP contribution >= 0.6 is 11.6 Å². The zero-order chi connectivity index (χ0) is 18.6. The highest BCUT2D eigenvalue weighted by molar-refractivity contribution is 6.31. The zero-order valence-electron chi connectivity index (χ0n) is 15.4. The minimum Gasteiger partial charge on any atom is -0.443 e. The number of nitrogens with zero attached hydrogens (tertiary/aromatic N) is 3. The molecule has 2 aliphatic heterocycles. The number of amides is 2. The molecule has 6 nitrogen and oxygen atoms in total. The highest BCUT2D eigenvalue weighted by Gasteiger charge is 2.39. The van der Waals surface area contributed by atoms with E-state index in [9.17, 15) is 9.59 Å². The van der Waals surface area contributed by atoms with Crippen molar-refractivity contribution in [3.05, 3.63) is 22.3 Å². The van der Waals surface area contributed by atoms with Crippen molar-refractivity contribution in [1.29, 1.82) is 0 Å². The lowest BCUT2D eigenvalue weighted by Crippen LogP contribution is -2.39. The molecule has 25 heavy (non-hydrogen) atoms. The maximum atomic E-state index is 12.7. The van der Waals surface area contributed by atoms with E-state index < -0.39 is 11.7 Å². The van der Waals surface area contributed by atoms with Gasteiger partial charge in [0.25, 0.3) is 5.91 Å². The van der Waals surface area contributed by atoms with E-state index in [1.165, 1.54) is 0 Å². The molecule has 2 aliphatic rings. The maximum Gasteiger partial charge on any atom is 0.417 e. The summed E-state index contributed by atoms with van der Waals surface area (Å²) < 4.78 is 5.32. The van der Waals surface area contributed by atoms with E-state index in [0.717, 1.165) is 24.3 Å². The van der Waals surface area contributed by atoms with Gasteiger partial charge in [-0.25, -0.2) is 14.7 Å². The minimum absolute atomic E-state index is 0.0307. The molecular weight excluding hydrogens is 342 g/mol. The van der Waals surface area contributed by atoms with Gasteiger partial charge in [0.2, 0.25) is 0 Å². The Morgan fingerprint density at radius 2 is 2.04 bits per heavy atom. The molecule has 0 aromatic carbocycles. The molecule has 0 saturated carbocycles. The van der Waals surface area contributed by atoms with Crippen LogP contribution in [-0.2, 0) is 11.3 Å². The van der Waals surface area contributed by atoms with E-state index in [2.05, 4.69) is 23.7 Å². The van der Waals surface area contributed by atoms with Crippen molar-refractivity contribution < 1.29 is 14.3 Å². The molecule has 1 fully saturated rings. The monoisotopic (exact) mass is 365 g/mol. The third kappa shape index (κ3) is 3.32. The van der Waals surface area contributed by atoms with Crippen LogP contribution in [0.3, 0.4) is 0 Å². The Balaban J connectivity index is 1.91. The van der Waals surface area contributed by atoms with Crippen LogP contribution in [0.1, 0.15) is 63.4 Å². The first-order chi connectivity index (χ1) is 11.5. The number of imide groups is 1. The molecule has 0 spiro atoms. The number of anilines is 1. The zero-order valence-corrected chi connectivity index (χ0v) is 16.1. The number of hydrogen-bond acceptors (Lipinski definition) is 5. The molecule has 0 bridgehead atoms. The van der Waals surface area contributed by atoms with Gasteiger partial charge >= 0.3 is 6.09 Å². The van der Waals surface area contributed by atoms with Gasteiger partial charge in [0, 0.05) is 17.6 Å². The maximum absolute atomic E-state index is 12.7. The first kappa shape index (κ1) is 18.0. The third-order valence-corrected chi connectivity index (χ3v) is 4.96. The molecule has 0 atom stereocenters. The largest absolute Gasteiger partial charge is 0.443 e. The van der Waals surface area contributed by atoms with Crippen LogP contribution in [0.25, 0.3) is 0 Å². The highest BCUT2D eigenvalue weighted by atomic mass is 35.5. The molecule has 1 aromatic heterocycles. The number of aromatic nitrogens is 1. The fourth-order valence-electron chi connectivity index (χ4n) is 3.38. The molecule has 3 rings (SSSR count). The van der Waals surface area contributed by atoms with Crippen molar-refractivity contribution in [3.63, 3.8) is 0 Å². The van der Waals surface area contributed by atoms with E-state index in [1.807, 2.05) is 0 Å². The number of pyridine rings is 1. The summed E-state index contributed by atoms with van der Waals surface area (Å²) in [5.41, 5.74) is 0.317. The second-order valence-corrected chi connectivity index (χ2v) is 8.59. The van der Waals surface area contributed by atoms with E-state index in [0.29, 0.717) is 16.9 Å². The van der Waals surface area contributed by atoms with Crippen molar-refractivity contribution in [3.8, 4) is 0 Å². The molecule has 3 heterocycles. The van der Waals surface area contributed by atoms with Crippen LogP contribution in [0.4, 0.5) is 10.6 Å². The Kier molecular flexibility index (Phi) is 4.22. The molecule has 1 aromatic rings. The lowest BCUT2D eigenvalue weighted by Gasteiger charge is -2.33. The van der Waals surface area contributed by atoms with Gasteiger partial charge < -0.3 is 9.64 Å². The fourth-order valence-corrected chi connectivity index (χ4v) is 3.63. The number of hydrogen-bond donors (Lipinski definition) is 0. The van der Waals surface area contributed by atoms with Crippen LogP contribution in [0.5, 0.6) is 0 Å². The Morgan fingerprint density at radius 3 is 2.60 bits per heavy atom. The van der Waals surface area contributed by atoms with E-state index in [4.69, 9.17) is 16.3 Å². The van der Waals surface area contributed by atoms with Crippen LogP contribution in [0.2, 0.25) is 5.15 Å². The Hall–Kier alpha value is -1.82.